The molecule has 0 aliphatic heterocycles. The minimum absolute atomic E-state index is 0.248. The summed E-state index contributed by atoms with van der Waals surface area (Å²) in [5, 5.41) is 4.03. The van der Waals surface area contributed by atoms with Gasteiger partial charge in [-0.25, -0.2) is 9.97 Å². The molecular formula is C18H13BrN6O. The first-order valence-corrected chi connectivity index (χ1v) is 8.50. The van der Waals surface area contributed by atoms with Crippen molar-refractivity contribution in [2.45, 2.75) is 0 Å². The molecule has 3 aromatic heterocycles. The van der Waals surface area contributed by atoms with E-state index in [9.17, 15) is 0 Å². The lowest BCUT2D eigenvalue weighted by Crippen LogP contribution is -2.04. The van der Waals surface area contributed by atoms with Gasteiger partial charge in [0.15, 0.2) is 11.6 Å². The first-order valence-electron chi connectivity index (χ1n) is 7.71. The van der Waals surface area contributed by atoms with E-state index in [1.807, 2.05) is 36.4 Å². The van der Waals surface area contributed by atoms with Crippen LogP contribution in [0.5, 0.6) is 11.6 Å². The highest BCUT2D eigenvalue weighted by atomic mass is 79.9. The van der Waals surface area contributed by atoms with Crippen LogP contribution in [0.25, 0.3) is 10.9 Å². The molecule has 0 aliphatic carbocycles. The lowest BCUT2D eigenvalue weighted by molar-refractivity contribution is 0.469. The number of anilines is 3. The van der Waals surface area contributed by atoms with Crippen LogP contribution in [-0.2, 0) is 0 Å². The normalized spacial score (nSPS) is 10.7. The maximum Gasteiger partial charge on any atom is 0.248 e. The standard InChI is InChI=1S/C18H13BrN6O/c19-12-6-7-14(22-9-12)25-17-15(20)18(24-10-23-17)26-13-5-1-3-11-4-2-8-21-16(11)13/h1-10H,20H2,(H,22,23,24,25). The molecule has 0 aliphatic rings. The zero-order valence-electron chi connectivity index (χ0n) is 13.4. The maximum atomic E-state index is 6.18. The van der Waals surface area contributed by atoms with Gasteiger partial charge in [0.25, 0.3) is 0 Å². The third-order valence-electron chi connectivity index (χ3n) is 3.62. The lowest BCUT2D eigenvalue weighted by Gasteiger charge is -2.12. The molecular weight excluding hydrogens is 396 g/mol. The summed E-state index contributed by atoms with van der Waals surface area (Å²) in [6.07, 6.45) is 4.77. The average Bonchev–Trinajstić information content (AvgIpc) is 2.67. The van der Waals surface area contributed by atoms with Crippen LogP contribution in [-0.4, -0.2) is 19.9 Å². The molecule has 128 valence electrons. The number of nitrogen functional groups attached to an aromatic ring is 1. The fourth-order valence-corrected chi connectivity index (χ4v) is 2.63. The van der Waals surface area contributed by atoms with Crippen LogP contribution < -0.4 is 15.8 Å². The highest BCUT2D eigenvalue weighted by Gasteiger charge is 2.13. The molecule has 0 saturated heterocycles. The van der Waals surface area contributed by atoms with Crippen LogP contribution in [0.1, 0.15) is 0 Å². The van der Waals surface area contributed by atoms with E-state index in [2.05, 4.69) is 41.2 Å². The molecule has 4 rings (SSSR count). The van der Waals surface area contributed by atoms with Gasteiger partial charge in [0.1, 0.15) is 23.3 Å². The molecule has 3 N–H and O–H groups in total. The summed E-state index contributed by atoms with van der Waals surface area (Å²) in [7, 11) is 0. The van der Waals surface area contributed by atoms with Gasteiger partial charge in [0.2, 0.25) is 5.88 Å². The van der Waals surface area contributed by atoms with Crippen LogP contribution in [0.2, 0.25) is 0 Å². The molecule has 0 unspecified atom stereocenters. The number of pyridine rings is 2. The molecule has 4 aromatic rings. The quantitative estimate of drug-likeness (QED) is 0.519. The summed E-state index contributed by atoms with van der Waals surface area (Å²) >= 11 is 3.35. The second-order valence-electron chi connectivity index (χ2n) is 5.36. The third-order valence-corrected chi connectivity index (χ3v) is 4.09. The SMILES string of the molecule is Nc1c(Nc2ccc(Br)cn2)ncnc1Oc1cccc2cccnc12. The van der Waals surface area contributed by atoms with Crippen LogP contribution in [0.4, 0.5) is 17.3 Å². The van der Waals surface area contributed by atoms with Crippen molar-refractivity contribution < 1.29 is 4.74 Å². The lowest BCUT2D eigenvalue weighted by atomic mass is 10.2. The molecule has 0 spiro atoms. The van der Waals surface area contributed by atoms with Gasteiger partial charge in [0, 0.05) is 22.3 Å². The van der Waals surface area contributed by atoms with E-state index in [0.29, 0.717) is 17.4 Å². The van der Waals surface area contributed by atoms with Crippen molar-refractivity contribution >= 4 is 44.2 Å². The number of para-hydroxylation sites is 1. The second-order valence-corrected chi connectivity index (χ2v) is 6.28. The Morgan fingerprint density at radius 2 is 1.85 bits per heavy atom. The molecule has 0 radical (unpaired) electrons. The van der Waals surface area contributed by atoms with E-state index in [-0.39, 0.29) is 11.6 Å². The van der Waals surface area contributed by atoms with Crippen LogP contribution >= 0.6 is 15.9 Å². The van der Waals surface area contributed by atoms with Gasteiger partial charge in [-0.15, -0.1) is 0 Å². The number of ether oxygens (including phenoxy) is 1. The number of nitrogens with two attached hydrogens (primary N) is 1. The Labute approximate surface area is 157 Å². The molecule has 0 amide bonds. The monoisotopic (exact) mass is 408 g/mol. The predicted molar refractivity (Wildman–Crippen MR) is 103 cm³/mol. The van der Waals surface area contributed by atoms with Crippen LogP contribution in [0.15, 0.2) is 65.7 Å². The summed E-state index contributed by atoms with van der Waals surface area (Å²) in [6.45, 7) is 0. The van der Waals surface area contributed by atoms with Crippen LogP contribution in [0.3, 0.4) is 0 Å². The minimum atomic E-state index is 0.248. The number of nitrogens with zero attached hydrogens (tertiary/aromatic N) is 4. The largest absolute Gasteiger partial charge is 0.435 e. The van der Waals surface area contributed by atoms with Gasteiger partial charge in [0.05, 0.1) is 0 Å². The van der Waals surface area contributed by atoms with Gasteiger partial charge in [-0.05, 0) is 40.2 Å². The van der Waals surface area contributed by atoms with Gasteiger partial charge >= 0.3 is 0 Å². The molecule has 0 bridgehead atoms. The molecule has 1 aromatic carbocycles. The van der Waals surface area contributed by atoms with Crippen molar-refractivity contribution in [2.75, 3.05) is 11.1 Å². The zero-order valence-corrected chi connectivity index (χ0v) is 15.0. The smallest absolute Gasteiger partial charge is 0.248 e. The maximum absolute atomic E-state index is 6.18. The topological polar surface area (TPSA) is 98.8 Å². The Kier molecular flexibility index (Phi) is 4.32. The number of nitrogens with one attached hydrogen (secondary N) is 1. The molecule has 0 saturated carbocycles. The summed E-state index contributed by atoms with van der Waals surface area (Å²) in [4.78, 5) is 16.9. The van der Waals surface area contributed by atoms with Crippen LogP contribution in [0, 0.1) is 0 Å². The summed E-state index contributed by atoms with van der Waals surface area (Å²) < 4.78 is 6.79. The number of rotatable bonds is 4. The fraction of sp³-hybridized carbons (Fsp3) is 0. The van der Waals surface area contributed by atoms with Gasteiger partial charge < -0.3 is 15.8 Å². The van der Waals surface area contributed by atoms with E-state index in [4.69, 9.17) is 10.5 Å². The highest BCUT2D eigenvalue weighted by Crippen LogP contribution is 2.33. The average molecular weight is 409 g/mol. The number of halogens is 1. The Morgan fingerprint density at radius 3 is 2.69 bits per heavy atom. The molecule has 3 heterocycles. The van der Waals surface area contributed by atoms with Gasteiger partial charge in [-0.1, -0.05) is 18.2 Å². The second kappa shape index (κ2) is 6.93. The number of aromatic nitrogens is 4. The number of benzene rings is 1. The van der Waals surface area contributed by atoms with Gasteiger partial charge in [-0.2, -0.15) is 4.98 Å². The summed E-state index contributed by atoms with van der Waals surface area (Å²) in [5.74, 6) is 1.84. The minimum Gasteiger partial charge on any atom is -0.435 e. The summed E-state index contributed by atoms with van der Waals surface area (Å²) in [6, 6.07) is 13.2. The van der Waals surface area contributed by atoms with Crippen molar-refractivity contribution in [3.63, 3.8) is 0 Å². The molecule has 7 nitrogen and oxygen atoms in total. The molecule has 8 heteroatoms. The number of hydrogen-bond acceptors (Lipinski definition) is 7. The number of hydrogen-bond donors (Lipinski definition) is 2. The van der Waals surface area contributed by atoms with Crippen molar-refractivity contribution in [1.82, 2.24) is 19.9 Å². The Bertz CT molecular complexity index is 1070. The van der Waals surface area contributed by atoms with Crippen molar-refractivity contribution in [3.05, 3.63) is 65.7 Å². The zero-order chi connectivity index (χ0) is 17.9. The Hall–Kier alpha value is -3.26. The molecule has 26 heavy (non-hydrogen) atoms. The van der Waals surface area contributed by atoms with E-state index < -0.39 is 0 Å². The molecule has 0 atom stereocenters. The Balaban J connectivity index is 1.66. The first-order chi connectivity index (χ1) is 12.7. The third kappa shape index (κ3) is 3.27. The van der Waals surface area contributed by atoms with E-state index >= 15 is 0 Å². The molecule has 0 fully saturated rings. The van der Waals surface area contributed by atoms with E-state index in [0.717, 1.165) is 15.4 Å². The first kappa shape index (κ1) is 16.2. The van der Waals surface area contributed by atoms with Crippen molar-refractivity contribution in [2.24, 2.45) is 0 Å². The fourth-order valence-electron chi connectivity index (χ4n) is 2.39. The summed E-state index contributed by atoms with van der Waals surface area (Å²) in [5.41, 5.74) is 7.20. The number of fused-ring (bicyclic) bond motifs is 1. The Morgan fingerprint density at radius 1 is 0.962 bits per heavy atom. The van der Waals surface area contributed by atoms with E-state index in [1.165, 1.54) is 6.33 Å². The van der Waals surface area contributed by atoms with Crippen molar-refractivity contribution in [1.29, 1.82) is 0 Å². The highest BCUT2D eigenvalue weighted by molar-refractivity contribution is 9.10. The van der Waals surface area contributed by atoms with Crippen molar-refractivity contribution in [3.8, 4) is 11.6 Å². The van der Waals surface area contributed by atoms with E-state index in [1.54, 1.807) is 18.5 Å². The van der Waals surface area contributed by atoms with Gasteiger partial charge in [-0.3, -0.25) is 4.98 Å². The predicted octanol–water partition coefficient (Wildman–Crippen LogP) is 4.30.